The topological polar surface area (TPSA) is 67.4 Å². The predicted molar refractivity (Wildman–Crippen MR) is 62.6 cm³/mol. The van der Waals surface area contributed by atoms with E-state index in [1.807, 2.05) is 11.4 Å². The normalized spacial score (nSPS) is 11.6. The van der Waals surface area contributed by atoms with Gasteiger partial charge in [0.05, 0.1) is 18.5 Å². The van der Waals surface area contributed by atoms with E-state index in [1.54, 1.807) is 13.0 Å². The second kappa shape index (κ2) is 6.12. The lowest BCUT2D eigenvalue weighted by Crippen LogP contribution is -2.37. The summed E-state index contributed by atoms with van der Waals surface area (Å²) in [5.41, 5.74) is 0. The zero-order valence-electron chi connectivity index (χ0n) is 9.15. The SMILES string of the molecule is COC(=O)C[C@H](C)NC(=O)Nc1cccs1. The summed E-state index contributed by atoms with van der Waals surface area (Å²) in [5, 5.41) is 7.93. The lowest BCUT2D eigenvalue weighted by Gasteiger charge is -2.12. The Balaban J connectivity index is 2.31. The van der Waals surface area contributed by atoms with Crippen LogP contribution in [0.2, 0.25) is 0 Å². The van der Waals surface area contributed by atoms with Gasteiger partial charge < -0.3 is 10.1 Å². The molecule has 0 fully saturated rings. The van der Waals surface area contributed by atoms with Crippen LogP contribution < -0.4 is 10.6 Å². The van der Waals surface area contributed by atoms with Crippen molar-refractivity contribution in [3.05, 3.63) is 17.5 Å². The van der Waals surface area contributed by atoms with E-state index in [0.717, 1.165) is 5.00 Å². The van der Waals surface area contributed by atoms with Crippen molar-refractivity contribution in [3.63, 3.8) is 0 Å². The highest BCUT2D eigenvalue weighted by molar-refractivity contribution is 7.14. The van der Waals surface area contributed by atoms with Crippen molar-refractivity contribution in [3.8, 4) is 0 Å². The first-order valence-electron chi connectivity index (χ1n) is 4.79. The van der Waals surface area contributed by atoms with Crippen LogP contribution in [0.25, 0.3) is 0 Å². The summed E-state index contributed by atoms with van der Waals surface area (Å²) in [6.07, 6.45) is 0.161. The third kappa shape index (κ3) is 4.31. The number of ether oxygens (including phenoxy) is 1. The van der Waals surface area contributed by atoms with Gasteiger partial charge in [-0.05, 0) is 24.4 Å². The highest BCUT2D eigenvalue weighted by atomic mass is 32.1. The second-order valence-electron chi connectivity index (χ2n) is 3.26. The number of nitrogens with one attached hydrogen (secondary N) is 2. The molecule has 1 aromatic rings. The lowest BCUT2D eigenvalue weighted by molar-refractivity contribution is -0.141. The Bertz CT molecular complexity index is 351. The van der Waals surface area contributed by atoms with Crippen LogP contribution in [0.15, 0.2) is 17.5 Å². The molecule has 6 heteroatoms. The van der Waals surface area contributed by atoms with Gasteiger partial charge in [-0.1, -0.05) is 0 Å². The molecule has 0 aliphatic rings. The number of hydrogen-bond acceptors (Lipinski definition) is 4. The quantitative estimate of drug-likeness (QED) is 0.791. The molecular formula is C10H14N2O3S. The Morgan fingerprint density at radius 3 is 2.88 bits per heavy atom. The summed E-state index contributed by atoms with van der Waals surface area (Å²) in [7, 11) is 1.32. The largest absolute Gasteiger partial charge is 0.469 e. The van der Waals surface area contributed by atoms with E-state index in [-0.39, 0.29) is 24.5 Å². The molecule has 0 radical (unpaired) electrons. The number of methoxy groups -OCH3 is 1. The van der Waals surface area contributed by atoms with Crippen molar-refractivity contribution in [1.82, 2.24) is 5.32 Å². The van der Waals surface area contributed by atoms with Gasteiger partial charge >= 0.3 is 12.0 Å². The van der Waals surface area contributed by atoms with Crippen molar-refractivity contribution in [1.29, 1.82) is 0 Å². The molecule has 2 amide bonds. The molecule has 5 nitrogen and oxygen atoms in total. The second-order valence-corrected chi connectivity index (χ2v) is 4.20. The van der Waals surface area contributed by atoms with Crippen molar-refractivity contribution in [2.75, 3.05) is 12.4 Å². The fourth-order valence-corrected chi connectivity index (χ4v) is 1.72. The highest BCUT2D eigenvalue weighted by Crippen LogP contribution is 2.14. The van der Waals surface area contributed by atoms with Crippen LogP contribution in [0.1, 0.15) is 13.3 Å². The van der Waals surface area contributed by atoms with E-state index in [1.165, 1.54) is 18.4 Å². The van der Waals surface area contributed by atoms with Crippen molar-refractivity contribution in [2.24, 2.45) is 0 Å². The molecule has 2 N–H and O–H groups in total. The molecule has 0 unspecified atom stereocenters. The third-order valence-electron chi connectivity index (χ3n) is 1.84. The van der Waals surface area contributed by atoms with E-state index in [2.05, 4.69) is 15.4 Å². The number of carbonyl (C=O) groups is 2. The molecule has 1 heterocycles. The Hall–Kier alpha value is -1.56. The number of hydrogen-bond donors (Lipinski definition) is 2. The number of anilines is 1. The molecule has 0 aromatic carbocycles. The van der Waals surface area contributed by atoms with Gasteiger partial charge in [-0.3, -0.25) is 10.1 Å². The minimum Gasteiger partial charge on any atom is -0.469 e. The highest BCUT2D eigenvalue weighted by Gasteiger charge is 2.11. The molecule has 16 heavy (non-hydrogen) atoms. The summed E-state index contributed by atoms with van der Waals surface area (Å²) in [6, 6.07) is 3.07. The van der Waals surface area contributed by atoms with Crippen LogP contribution >= 0.6 is 11.3 Å². The Morgan fingerprint density at radius 2 is 2.31 bits per heavy atom. The maximum absolute atomic E-state index is 11.4. The average Bonchev–Trinajstić information content (AvgIpc) is 2.69. The van der Waals surface area contributed by atoms with Gasteiger partial charge in [0.25, 0.3) is 0 Å². The van der Waals surface area contributed by atoms with Crippen LogP contribution in [0.4, 0.5) is 9.80 Å². The van der Waals surface area contributed by atoms with E-state index in [9.17, 15) is 9.59 Å². The van der Waals surface area contributed by atoms with Crippen LogP contribution in [0.3, 0.4) is 0 Å². The van der Waals surface area contributed by atoms with E-state index in [4.69, 9.17) is 0 Å². The smallest absolute Gasteiger partial charge is 0.320 e. The first-order chi connectivity index (χ1) is 7.61. The van der Waals surface area contributed by atoms with Gasteiger partial charge in [0.1, 0.15) is 0 Å². The minimum atomic E-state index is -0.344. The van der Waals surface area contributed by atoms with Crippen LogP contribution in [-0.4, -0.2) is 25.2 Å². The van der Waals surface area contributed by atoms with Gasteiger partial charge in [-0.15, -0.1) is 11.3 Å². The monoisotopic (exact) mass is 242 g/mol. The van der Waals surface area contributed by atoms with E-state index in [0.29, 0.717) is 0 Å². The maximum Gasteiger partial charge on any atom is 0.320 e. The molecular weight excluding hydrogens is 228 g/mol. The van der Waals surface area contributed by atoms with Gasteiger partial charge in [-0.25, -0.2) is 4.79 Å². The van der Waals surface area contributed by atoms with Gasteiger partial charge in [-0.2, -0.15) is 0 Å². The number of carbonyl (C=O) groups excluding carboxylic acids is 2. The van der Waals surface area contributed by atoms with Gasteiger partial charge in [0, 0.05) is 6.04 Å². The van der Waals surface area contributed by atoms with Crippen molar-refractivity contribution in [2.45, 2.75) is 19.4 Å². The molecule has 0 aliphatic carbocycles. The zero-order valence-corrected chi connectivity index (χ0v) is 9.97. The predicted octanol–water partition coefficient (Wildman–Crippen LogP) is 1.82. The molecule has 0 spiro atoms. The molecule has 0 aliphatic heterocycles. The Kier molecular flexibility index (Phi) is 4.78. The lowest BCUT2D eigenvalue weighted by atomic mass is 10.2. The summed E-state index contributed by atoms with van der Waals surface area (Å²) < 4.78 is 4.50. The maximum atomic E-state index is 11.4. The first-order valence-corrected chi connectivity index (χ1v) is 5.67. The molecule has 1 atom stereocenters. The average molecular weight is 242 g/mol. The van der Waals surface area contributed by atoms with Crippen molar-refractivity contribution >= 4 is 28.3 Å². The number of thiophene rings is 1. The Labute approximate surface area is 97.8 Å². The molecule has 0 saturated carbocycles. The number of rotatable bonds is 4. The summed E-state index contributed by atoms with van der Waals surface area (Å²) in [5.74, 6) is -0.344. The van der Waals surface area contributed by atoms with Gasteiger partial charge in [0.15, 0.2) is 0 Å². The van der Waals surface area contributed by atoms with Crippen LogP contribution in [0, 0.1) is 0 Å². The molecule has 1 aromatic heterocycles. The number of amides is 2. The summed E-state index contributed by atoms with van der Waals surface area (Å²) in [6.45, 7) is 1.74. The van der Waals surface area contributed by atoms with Crippen LogP contribution in [-0.2, 0) is 9.53 Å². The molecule has 1 rings (SSSR count). The van der Waals surface area contributed by atoms with Crippen molar-refractivity contribution < 1.29 is 14.3 Å². The molecule has 0 saturated heterocycles. The molecule has 88 valence electrons. The fraction of sp³-hybridized carbons (Fsp3) is 0.400. The summed E-state index contributed by atoms with van der Waals surface area (Å²) in [4.78, 5) is 22.4. The summed E-state index contributed by atoms with van der Waals surface area (Å²) >= 11 is 1.43. The minimum absolute atomic E-state index is 0.161. The van der Waals surface area contributed by atoms with Gasteiger partial charge in [0.2, 0.25) is 0 Å². The fourth-order valence-electron chi connectivity index (χ4n) is 1.11. The number of esters is 1. The van der Waals surface area contributed by atoms with E-state index >= 15 is 0 Å². The molecule has 0 bridgehead atoms. The Morgan fingerprint density at radius 1 is 1.56 bits per heavy atom. The zero-order chi connectivity index (χ0) is 12.0. The van der Waals surface area contributed by atoms with E-state index < -0.39 is 0 Å². The third-order valence-corrected chi connectivity index (χ3v) is 2.62. The number of urea groups is 1. The van der Waals surface area contributed by atoms with Crippen LogP contribution in [0.5, 0.6) is 0 Å². The standard InChI is InChI=1S/C10H14N2O3S/c1-7(6-9(13)15-2)11-10(14)12-8-4-3-5-16-8/h3-5,7H,6H2,1-2H3,(H2,11,12,14)/t7-/m0/s1. The first kappa shape index (κ1) is 12.5.